The molecule has 3 aromatic carbocycles. The van der Waals surface area contributed by atoms with Crippen LogP contribution >= 0.6 is 0 Å². The Morgan fingerprint density at radius 2 is 1.57 bits per heavy atom. The van der Waals surface area contributed by atoms with Crippen molar-refractivity contribution >= 4 is 47.8 Å². The first-order chi connectivity index (χ1) is 13.0. The smallest absolute Gasteiger partial charge is 0.296 e. The quantitative estimate of drug-likeness (QED) is 0.331. The topological polar surface area (TPSA) is 159 Å². The highest BCUT2D eigenvalue weighted by Gasteiger charge is 2.22. The molecule has 0 radical (unpaired) electrons. The van der Waals surface area contributed by atoms with E-state index in [1.807, 2.05) is 0 Å². The van der Waals surface area contributed by atoms with Gasteiger partial charge in [0.2, 0.25) is 0 Å². The summed E-state index contributed by atoms with van der Waals surface area (Å²) >= 11 is 0. The van der Waals surface area contributed by atoms with Crippen LogP contribution in [-0.2, 0) is 20.0 Å². The van der Waals surface area contributed by atoms with Crippen LogP contribution in [0.1, 0.15) is 0 Å². The number of phenols is 1. The second-order valence-electron chi connectivity index (χ2n) is 5.99. The molecule has 0 spiro atoms. The maximum atomic E-state index is 11.7. The average Bonchev–Trinajstić information content (AvgIpc) is 2.59. The van der Waals surface area contributed by atoms with Crippen molar-refractivity contribution in [1.82, 2.24) is 0 Å². The Bertz CT molecular complexity index is 1320. The summed E-state index contributed by atoms with van der Waals surface area (Å²) in [7, 11) is -8.11. The Morgan fingerprint density at radius 1 is 0.929 bits per heavy atom. The number of aromatic hydroxyl groups is 1. The molecule has 4 N–H and O–H groups in total. The lowest BCUT2D eigenvalue weighted by molar-refractivity contribution is 0.472. The van der Waals surface area contributed by atoms with Gasteiger partial charge in [0, 0.05) is 17.3 Å². The summed E-state index contributed by atoms with van der Waals surface area (Å²) in [5, 5.41) is 18.6. The number of fused-ring (bicyclic) bond motifs is 1. The Morgan fingerprint density at radius 3 is 2.14 bits per heavy atom. The summed E-state index contributed by atoms with van der Waals surface area (Å²) < 4.78 is 56.0. The number of anilines is 1. The monoisotopic (exact) mass is 421 g/mol. The van der Waals surface area contributed by atoms with Gasteiger partial charge in [-0.2, -0.15) is 13.5 Å². The number of nitrogen functional groups attached to an aromatic ring is 1. The number of azo groups is 1. The van der Waals surface area contributed by atoms with Crippen molar-refractivity contribution in [2.45, 2.75) is 9.79 Å². The molecule has 0 aliphatic heterocycles. The van der Waals surface area contributed by atoms with Gasteiger partial charge in [-0.15, -0.1) is 5.11 Å². The molecular weight excluding hydrogens is 406 g/mol. The third kappa shape index (κ3) is 3.96. The molecule has 0 fully saturated rings. The van der Waals surface area contributed by atoms with Gasteiger partial charge >= 0.3 is 0 Å². The van der Waals surface area contributed by atoms with Crippen LogP contribution in [0.15, 0.2) is 68.6 Å². The van der Waals surface area contributed by atoms with Crippen molar-refractivity contribution in [2.24, 2.45) is 10.2 Å². The fraction of sp³-hybridized carbons (Fsp3) is 0.0588. The number of hydrogen-bond donors (Lipinski definition) is 3. The summed E-state index contributed by atoms with van der Waals surface area (Å²) in [6.07, 6.45) is 1.06. The predicted octanol–water partition coefficient (Wildman–Crippen LogP) is 3.19. The summed E-state index contributed by atoms with van der Waals surface area (Å²) in [6.45, 7) is 0. The zero-order valence-corrected chi connectivity index (χ0v) is 16.1. The van der Waals surface area contributed by atoms with Gasteiger partial charge in [-0.1, -0.05) is 0 Å². The molecule has 0 aliphatic carbocycles. The first kappa shape index (κ1) is 19.7. The van der Waals surface area contributed by atoms with E-state index in [9.17, 15) is 26.5 Å². The van der Waals surface area contributed by atoms with E-state index in [2.05, 4.69) is 10.2 Å². The number of benzene rings is 3. The first-order valence-corrected chi connectivity index (χ1v) is 11.0. The first-order valence-electron chi connectivity index (χ1n) is 7.71. The molecule has 3 aromatic rings. The molecule has 0 unspecified atom stereocenters. The summed E-state index contributed by atoms with van der Waals surface area (Å²) in [5.41, 5.74) is 5.77. The van der Waals surface area contributed by atoms with E-state index in [0.717, 1.165) is 12.3 Å². The van der Waals surface area contributed by atoms with Crippen LogP contribution in [0, 0.1) is 0 Å². The SMILES string of the molecule is CS(=O)(=O)c1ccc(N=Nc2c(S(=O)(=O)O)cc3cc(N)ccc3c2O)cc1. The van der Waals surface area contributed by atoms with Crippen molar-refractivity contribution in [1.29, 1.82) is 0 Å². The van der Waals surface area contributed by atoms with Gasteiger partial charge in [-0.3, -0.25) is 4.55 Å². The Labute approximate surface area is 160 Å². The van der Waals surface area contributed by atoms with Crippen LogP contribution in [0.25, 0.3) is 10.8 Å². The van der Waals surface area contributed by atoms with Crippen LogP contribution in [0.5, 0.6) is 5.75 Å². The molecule has 28 heavy (non-hydrogen) atoms. The van der Waals surface area contributed by atoms with Gasteiger partial charge in [0.05, 0.1) is 10.6 Å². The summed E-state index contributed by atoms with van der Waals surface area (Å²) in [5.74, 6) is -0.498. The van der Waals surface area contributed by atoms with Crippen LogP contribution in [0.3, 0.4) is 0 Å². The van der Waals surface area contributed by atoms with Crippen molar-refractivity contribution in [3.05, 3.63) is 48.5 Å². The maximum Gasteiger partial charge on any atom is 0.296 e. The fourth-order valence-electron chi connectivity index (χ4n) is 2.53. The number of nitrogens with zero attached hydrogens (tertiary/aromatic N) is 2. The highest BCUT2D eigenvalue weighted by Crippen LogP contribution is 2.41. The maximum absolute atomic E-state index is 11.7. The number of rotatable bonds is 4. The zero-order chi connectivity index (χ0) is 20.7. The van der Waals surface area contributed by atoms with Crippen molar-refractivity contribution in [2.75, 3.05) is 12.0 Å². The molecule has 0 aromatic heterocycles. The van der Waals surface area contributed by atoms with E-state index >= 15 is 0 Å². The van der Waals surface area contributed by atoms with Gasteiger partial charge < -0.3 is 10.8 Å². The molecule has 0 bridgehead atoms. The molecule has 11 heteroatoms. The fourth-order valence-corrected chi connectivity index (χ4v) is 3.82. The molecule has 0 atom stereocenters. The minimum Gasteiger partial charge on any atom is -0.505 e. The predicted molar refractivity (Wildman–Crippen MR) is 104 cm³/mol. The molecule has 0 saturated carbocycles. The van der Waals surface area contributed by atoms with E-state index in [1.54, 1.807) is 0 Å². The normalized spacial score (nSPS) is 12.6. The largest absolute Gasteiger partial charge is 0.505 e. The van der Waals surface area contributed by atoms with Crippen molar-refractivity contribution in [3.63, 3.8) is 0 Å². The third-order valence-corrected chi connectivity index (χ3v) is 5.88. The lowest BCUT2D eigenvalue weighted by atomic mass is 10.1. The lowest BCUT2D eigenvalue weighted by Gasteiger charge is -2.09. The average molecular weight is 421 g/mol. The molecule has 0 heterocycles. The highest BCUT2D eigenvalue weighted by molar-refractivity contribution is 7.90. The van der Waals surface area contributed by atoms with E-state index in [4.69, 9.17) is 5.73 Å². The van der Waals surface area contributed by atoms with Crippen LogP contribution in [-0.4, -0.2) is 32.8 Å². The van der Waals surface area contributed by atoms with Gasteiger partial charge in [0.15, 0.2) is 15.6 Å². The molecular formula is C17H15N3O6S2. The van der Waals surface area contributed by atoms with Crippen LogP contribution in [0.2, 0.25) is 0 Å². The van der Waals surface area contributed by atoms with Gasteiger partial charge in [-0.25, -0.2) is 8.42 Å². The van der Waals surface area contributed by atoms with Crippen LogP contribution < -0.4 is 5.73 Å². The molecule has 0 aliphatic rings. The third-order valence-electron chi connectivity index (χ3n) is 3.88. The van der Waals surface area contributed by atoms with Gasteiger partial charge in [0.1, 0.15) is 10.6 Å². The molecule has 9 nitrogen and oxygen atoms in total. The summed E-state index contributed by atoms with van der Waals surface area (Å²) in [4.78, 5) is -0.559. The number of hydrogen-bond acceptors (Lipinski definition) is 8. The second kappa shape index (κ2) is 6.86. The molecule has 146 valence electrons. The van der Waals surface area contributed by atoms with E-state index in [0.29, 0.717) is 11.1 Å². The van der Waals surface area contributed by atoms with Gasteiger partial charge in [0.25, 0.3) is 10.1 Å². The number of nitrogens with two attached hydrogens (primary N) is 1. The van der Waals surface area contributed by atoms with E-state index in [1.165, 1.54) is 42.5 Å². The molecule has 0 amide bonds. The van der Waals surface area contributed by atoms with Crippen LogP contribution in [0.4, 0.5) is 17.1 Å². The second-order valence-corrected chi connectivity index (χ2v) is 9.40. The zero-order valence-electron chi connectivity index (χ0n) is 14.4. The number of phenolic OH excluding ortho intramolecular Hbond substituents is 1. The standard InChI is InChI=1S/C17H15N3O6S2/c1-27(22,23)13-5-3-12(4-6-13)19-20-16-15(28(24,25)26)9-10-8-11(18)2-7-14(10)17(16)21/h2-9,21H,18H2,1H3,(H,24,25,26). The van der Waals surface area contributed by atoms with Gasteiger partial charge in [-0.05, 0) is 53.9 Å². The highest BCUT2D eigenvalue weighted by atomic mass is 32.2. The molecule has 3 rings (SSSR count). The Balaban J connectivity index is 2.15. The Kier molecular flexibility index (Phi) is 4.83. The van der Waals surface area contributed by atoms with Crippen molar-refractivity contribution in [3.8, 4) is 5.75 Å². The summed E-state index contributed by atoms with van der Waals surface area (Å²) in [6, 6.07) is 10.9. The Hall–Kier alpha value is -3.02. The lowest BCUT2D eigenvalue weighted by Crippen LogP contribution is -1.99. The van der Waals surface area contributed by atoms with Crippen molar-refractivity contribution < 1.29 is 26.5 Å². The minimum absolute atomic E-state index is 0.0798. The number of sulfone groups is 1. The van der Waals surface area contributed by atoms with E-state index < -0.39 is 36.3 Å². The minimum atomic E-state index is -4.72. The van der Waals surface area contributed by atoms with E-state index in [-0.39, 0.29) is 16.0 Å². The molecule has 0 saturated heterocycles.